The first-order chi connectivity index (χ1) is 13.7. The maximum Gasteiger partial charge on any atom is 0.226 e. The van der Waals surface area contributed by atoms with Gasteiger partial charge in [-0.15, -0.1) is 10.2 Å². The summed E-state index contributed by atoms with van der Waals surface area (Å²) in [5, 5.41) is 8.98. The number of nitrogens with zero attached hydrogens (tertiary/aromatic N) is 5. The first-order valence-electron chi connectivity index (χ1n) is 11.2. The average molecular weight is 386 g/mol. The van der Waals surface area contributed by atoms with Gasteiger partial charge in [-0.3, -0.25) is 9.59 Å². The predicted molar refractivity (Wildman–Crippen MR) is 103 cm³/mol. The molecular formula is C21H31N5O2. The van der Waals surface area contributed by atoms with Crippen molar-refractivity contribution in [1.82, 2.24) is 24.6 Å². The van der Waals surface area contributed by atoms with Crippen LogP contribution in [0.4, 0.5) is 0 Å². The predicted octanol–water partition coefficient (Wildman–Crippen LogP) is 2.32. The summed E-state index contributed by atoms with van der Waals surface area (Å²) < 4.78 is 2.29. The molecule has 1 aliphatic carbocycles. The molecule has 28 heavy (non-hydrogen) atoms. The van der Waals surface area contributed by atoms with Crippen molar-refractivity contribution in [3.63, 3.8) is 0 Å². The lowest BCUT2D eigenvalue weighted by molar-refractivity contribution is -0.142. The number of hydrogen-bond acceptors (Lipinski definition) is 4. The fourth-order valence-corrected chi connectivity index (χ4v) is 5.22. The molecule has 3 fully saturated rings. The van der Waals surface area contributed by atoms with Crippen LogP contribution in [0.2, 0.25) is 0 Å². The number of fused-ring (bicyclic) bond motifs is 1. The number of aromatic nitrogens is 3. The summed E-state index contributed by atoms with van der Waals surface area (Å²) in [6.07, 6.45) is 10.3. The third-order valence-corrected chi connectivity index (χ3v) is 7.05. The second kappa shape index (κ2) is 7.48. The smallest absolute Gasteiger partial charge is 0.226 e. The normalized spacial score (nSPS) is 26.2. The van der Waals surface area contributed by atoms with E-state index in [9.17, 15) is 9.59 Å². The van der Waals surface area contributed by atoms with Gasteiger partial charge in [0.25, 0.3) is 0 Å². The molecule has 0 N–H and O–H groups in total. The van der Waals surface area contributed by atoms with Gasteiger partial charge in [0.15, 0.2) is 5.82 Å². The Bertz CT molecular complexity index is 748. The molecule has 0 spiro atoms. The van der Waals surface area contributed by atoms with Crippen molar-refractivity contribution in [2.75, 3.05) is 19.6 Å². The Hall–Kier alpha value is -1.92. The molecule has 7 nitrogen and oxygen atoms in total. The SMILES string of the molecule is O=C(C1CC1)N1CCC(C(=O)N2CCC[C@H]2c2nnc3n2CCCCC3)CC1. The number of carbonyl (C=O) groups is 2. The quantitative estimate of drug-likeness (QED) is 0.801. The first kappa shape index (κ1) is 18.1. The number of amides is 2. The largest absolute Gasteiger partial charge is 0.342 e. The van der Waals surface area contributed by atoms with Crippen LogP contribution < -0.4 is 0 Å². The highest BCUT2D eigenvalue weighted by molar-refractivity contribution is 5.82. The summed E-state index contributed by atoms with van der Waals surface area (Å²) in [7, 11) is 0. The molecule has 1 atom stereocenters. The minimum absolute atomic E-state index is 0.0513. The molecule has 0 bridgehead atoms. The molecule has 7 heteroatoms. The van der Waals surface area contributed by atoms with E-state index in [-0.39, 0.29) is 23.8 Å². The van der Waals surface area contributed by atoms with Crippen LogP contribution in [0.5, 0.6) is 0 Å². The minimum Gasteiger partial charge on any atom is -0.342 e. The summed E-state index contributed by atoms with van der Waals surface area (Å²) in [5.74, 6) is 3.01. The van der Waals surface area contributed by atoms with Gasteiger partial charge in [0.2, 0.25) is 11.8 Å². The lowest BCUT2D eigenvalue weighted by atomic mass is 9.94. The van der Waals surface area contributed by atoms with E-state index in [1.54, 1.807) is 0 Å². The molecule has 2 saturated heterocycles. The lowest BCUT2D eigenvalue weighted by Gasteiger charge is -2.35. The van der Waals surface area contributed by atoms with Gasteiger partial charge in [0, 0.05) is 44.4 Å². The Morgan fingerprint density at radius 2 is 1.54 bits per heavy atom. The van der Waals surface area contributed by atoms with Gasteiger partial charge >= 0.3 is 0 Å². The van der Waals surface area contributed by atoms with Crippen molar-refractivity contribution >= 4 is 11.8 Å². The molecule has 2 amide bonds. The van der Waals surface area contributed by atoms with Crippen molar-refractivity contribution in [1.29, 1.82) is 0 Å². The van der Waals surface area contributed by atoms with Gasteiger partial charge in [0.1, 0.15) is 5.82 Å². The fourth-order valence-electron chi connectivity index (χ4n) is 5.22. The van der Waals surface area contributed by atoms with E-state index < -0.39 is 0 Å². The Labute approximate surface area is 166 Å². The van der Waals surface area contributed by atoms with Gasteiger partial charge in [0.05, 0.1) is 6.04 Å². The monoisotopic (exact) mass is 385 g/mol. The zero-order valence-corrected chi connectivity index (χ0v) is 16.7. The highest BCUT2D eigenvalue weighted by Crippen LogP contribution is 2.36. The standard InChI is InChI=1S/C21H31N5O2/c27-20(15-7-8-15)24-13-9-16(10-14-24)21(28)25-12-4-5-17(25)19-23-22-18-6-2-1-3-11-26(18)19/h15-17H,1-14H2/t17-/m0/s1. The van der Waals surface area contributed by atoms with Crippen LogP contribution >= 0.6 is 0 Å². The van der Waals surface area contributed by atoms with Crippen molar-refractivity contribution in [2.24, 2.45) is 11.8 Å². The topological polar surface area (TPSA) is 71.3 Å². The molecule has 4 heterocycles. The van der Waals surface area contributed by atoms with Crippen LogP contribution in [0.25, 0.3) is 0 Å². The second-order valence-electron chi connectivity index (χ2n) is 9.00. The van der Waals surface area contributed by atoms with Crippen LogP contribution in [-0.2, 0) is 22.6 Å². The Morgan fingerprint density at radius 1 is 0.750 bits per heavy atom. The number of aryl methyl sites for hydroxylation is 1. The molecule has 0 radical (unpaired) electrons. The van der Waals surface area contributed by atoms with Gasteiger partial charge in [-0.1, -0.05) is 6.42 Å². The number of rotatable bonds is 3. The van der Waals surface area contributed by atoms with Gasteiger partial charge < -0.3 is 14.4 Å². The summed E-state index contributed by atoms with van der Waals surface area (Å²) in [5.41, 5.74) is 0. The zero-order chi connectivity index (χ0) is 19.1. The van der Waals surface area contributed by atoms with Crippen LogP contribution in [0, 0.1) is 11.8 Å². The molecule has 0 unspecified atom stereocenters. The third-order valence-electron chi connectivity index (χ3n) is 7.05. The number of carbonyl (C=O) groups excluding carboxylic acids is 2. The Kier molecular flexibility index (Phi) is 4.85. The number of piperidine rings is 1. The van der Waals surface area contributed by atoms with E-state index in [2.05, 4.69) is 19.7 Å². The fraction of sp³-hybridized carbons (Fsp3) is 0.810. The van der Waals surface area contributed by atoms with Gasteiger partial charge in [-0.2, -0.15) is 0 Å². The van der Waals surface area contributed by atoms with Crippen molar-refractivity contribution < 1.29 is 9.59 Å². The van der Waals surface area contributed by atoms with Crippen LogP contribution in [0.3, 0.4) is 0 Å². The molecule has 0 aromatic carbocycles. The van der Waals surface area contributed by atoms with E-state index in [0.717, 1.165) is 82.8 Å². The first-order valence-corrected chi connectivity index (χ1v) is 11.2. The average Bonchev–Trinajstić information content (AvgIpc) is 3.41. The van der Waals surface area contributed by atoms with E-state index in [1.165, 1.54) is 19.3 Å². The minimum atomic E-state index is 0.0513. The third kappa shape index (κ3) is 3.33. The lowest BCUT2D eigenvalue weighted by Crippen LogP contribution is -2.45. The van der Waals surface area contributed by atoms with Crippen molar-refractivity contribution in [3.8, 4) is 0 Å². The van der Waals surface area contributed by atoms with Gasteiger partial charge in [-0.05, 0) is 51.4 Å². The summed E-state index contributed by atoms with van der Waals surface area (Å²) in [6.45, 7) is 3.29. The number of likely N-dealkylation sites (tertiary alicyclic amines) is 2. The molecule has 1 aromatic rings. The zero-order valence-electron chi connectivity index (χ0n) is 16.7. The second-order valence-corrected chi connectivity index (χ2v) is 9.00. The maximum absolute atomic E-state index is 13.3. The maximum atomic E-state index is 13.3. The molecule has 1 saturated carbocycles. The molecule has 3 aliphatic heterocycles. The van der Waals surface area contributed by atoms with Crippen LogP contribution in [0.1, 0.15) is 75.5 Å². The van der Waals surface area contributed by atoms with E-state index in [4.69, 9.17) is 0 Å². The van der Waals surface area contributed by atoms with Crippen molar-refractivity contribution in [2.45, 2.75) is 76.8 Å². The van der Waals surface area contributed by atoms with Crippen LogP contribution in [-0.4, -0.2) is 56.0 Å². The summed E-state index contributed by atoms with van der Waals surface area (Å²) in [6, 6.07) is 0.0815. The molecule has 5 rings (SSSR count). The molecule has 152 valence electrons. The highest BCUT2D eigenvalue weighted by atomic mass is 16.2. The van der Waals surface area contributed by atoms with E-state index >= 15 is 0 Å². The highest BCUT2D eigenvalue weighted by Gasteiger charge is 2.40. The summed E-state index contributed by atoms with van der Waals surface area (Å²) >= 11 is 0. The number of hydrogen-bond donors (Lipinski definition) is 0. The van der Waals surface area contributed by atoms with Crippen LogP contribution in [0.15, 0.2) is 0 Å². The van der Waals surface area contributed by atoms with Gasteiger partial charge in [-0.25, -0.2) is 0 Å². The molecular weight excluding hydrogens is 354 g/mol. The summed E-state index contributed by atoms with van der Waals surface area (Å²) in [4.78, 5) is 29.7. The van der Waals surface area contributed by atoms with Crippen molar-refractivity contribution in [3.05, 3.63) is 11.6 Å². The molecule has 4 aliphatic rings. The van der Waals surface area contributed by atoms with E-state index in [1.807, 2.05) is 4.90 Å². The Morgan fingerprint density at radius 3 is 2.32 bits per heavy atom. The van der Waals surface area contributed by atoms with E-state index in [0.29, 0.717) is 5.91 Å². The molecule has 1 aromatic heterocycles. The Balaban J connectivity index is 1.26.